The summed E-state index contributed by atoms with van der Waals surface area (Å²) in [6.45, 7) is 0. The van der Waals surface area contributed by atoms with Crippen molar-refractivity contribution in [2.75, 3.05) is 0 Å². The van der Waals surface area contributed by atoms with Crippen LogP contribution in [0.3, 0.4) is 0 Å². The standard InChI is InChI=1S/C13H13F2N3/c14-13(15)7-6-10(8-13)12-17-16-9-18(12)11-4-2-1-3-5-11/h1-5,9-10H,6-8H2. The topological polar surface area (TPSA) is 30.7 Å². The lowest BCUT2D eigenvalue weighted by Crippen LogP contribution is -2.11. The van der Waals surface area contributed by atoms with E-state index in [-0.39, 0.29) is 18.8 Å². The van der Waals surface area contributed by atoms with E-state index in [1.165, 1.54) is 0 Å². The Labute approximate surface area is 103 Å². The molecule has 1 atom stereocenters. The fraction of sp³-hybridized carbons (Fsp3) is 0.385. The van der Waals surface area contributed by atoms with Crippen molar-refractivity contribution in [2.45, 2.75) is 31.1 Å². The third-order valence-electron chi connectivity index (χ3n) is 3.38. The predicted octanol–water partition coefficient (Wildman–Crippen LogP) is 3.17. The van der Waals surface area contributed by atoms with Gasteiger partial charge in [0.25, 0.3) is 0 Å². The molecule has 3 rings (SSSR count). The van der Waals surface area contributed by atoms with Gasteiger partial charge in [-0.15, -0.1) is 10.2 Å². The van der Waals surface area contributed by atoms with E-state index in [9.17, 15) is 8.78 Å². The summed E-state index contributed by atoms with van der Waals surface area (Å²) in [5, 5.41) is 7.88. The van der Waals surface area contributed by atoms with Crippen LogP contribution in [0.15, 0.2) is 36.7 Å². The van der Waals surface area contributed by atoms with Gasteiger partial charge in [0.15, 0.2) is 0 Å². The molecule has 1 unspecified atom stereocenters. The van der Waals surface area contributed by atoms with E-state index in [0.29, 0.717) is 12.2 Å². The van der Waals surface area contributed by atoms with Crippen molar-refractivity contribution in [3.8, 4) is 5.69 Å². The number of rotatable bonds is 2. The molecule has 0 spiro atoms. The molecule has 0 aliphatic heterocycles. The summed E-state index contributed by atoms with van der Waals surface area (Å²) in [6, 6.07) is 9.56. The molecule has 5 heteroatoms. The van der Waals surface area contributed by atoms with Crippen molar-refractivity contribution in [2.24, 2.45) is 0 Å². The summed E-state index contributed by atoms with van der Waals surface area (Å²) >= 11 is 0. The minimum atomic E-state index is -2.56. The first-order valence-electron chi connectivity index (χ1n) is 5.99. The fourth-order valence-electron chi connectivity index (χ4n) is 2.48. The number of hydrogen-bond donors (Lipinski definition) is 0. The molecule has 1 aromatic heterocycles. The summed E-state index contributed by atoms with van der Waals surface area (Å²) in [5.41, 5.74) is 0.910. The van der Waals surface area contributed by atoms with Gasteiger partial charge in [0, 0.05) is 24.4 Å². The minimum absolute atomic E-state index is 0.0562. The van der Waals surface area contributed by atoms with Gasteiger partial charge in [-0.25, -0.2) is 8.78 Å². The van der Waals surface area contributed by atoms with E-state index in [2.05, 4.69) is 10.2 Å². The zero-order valence-electron chi connectivity index (χ0n) is 9.76. The lowest BCUT2D eigenvalue weighted by Gasteiger charge is -2.12. The third-order valence-corrected chi connectivity index (χ3v) is 3.38. The second-order valence-electron chi connectivity index (χ2n) is 4.69. The molecule has 0 amide bonds. The molecule has 1 aliphatic rings. The van der Waals surface area contributed by atoms with Crippen molar-refractivity contribution < 1.29 is 8.78 Å². The molecular formula is C13H13F2N3. The van der Waals surface area contributed by atoms with Gasteiger partial charge in [0.05, 0.1) is 0 Å². The Kier molecular flexibility index (Phi) is 2.61. The number of para-hydroxylation sites is 1. The summed E-state index contributed by atoms with van der Waals surface area (Å²) in [4.78, 5) is 0. The molecule has 94 valence electrons. The van der Waals surface area contributed by atoms with Crippen LogP contribution < -0.4 is 0 Å². The van der Waals surface area contributed by atoms with Crippen molar-refractivity contribution in [3.63, 3.8) is 0 Å². The number of hydrogen-bond acceptors (Lipinski definition) is 2. The second kappa shape index (κ2) is 4.15. The van der Waals surface area contributed by atoms with E-state index >= 15 is 0 Å². The van der Waals surface area contributed by atoms with E-state index in [4.69, 9.17) is 0 Å². The van der Waals surface area contributed by atoms with Crippen molar-refractivity contribution >= 4 is 0 Å². The normalized spacial score (nSPS) is 22.2. The first-order chi connectivity index (χ1) is 8.66. The maximum atomic E-state index is 13.3. The summed E-state index contributed by atoms with van der Waals surface area (Å²) in [5.74, 6) is -2.13. The Morgan fingerprint density at radius 3 is 2.67 bits per heavy atom. The highest BCUT2D eigenvalue weighted by atomic mass is 19.3. The fourth-order valence-corrected chi connectivity index (χ4v) is 2.48. The van der Waals surface area contributed by atoms with Crippen LogP contribution in [0, 0.1) is 0 Å². The molecule has 0 saturated heterocycles. The molecule has 1 aromatic carbocycles. The molecule has 0 radical (unpaired) electrons. The van der Waals surface area contributed by atoms with Gasteiger partial charge in [-0.2, -0.15) is 0 Å². The SMILES string of the molecule is FC1(F)CCC(c2nncn2-c2ccccc2)C1. The average Bonchev–Trinajstić information content (AvgIpc) is 2.96. The first-order valence-corrected chi connectivity index (χ1v) is 5.99. The molecule has 1 fully saturated rings. The maximum Gasteiger partial charge on any atom is 0.248 e. The van der Waals surface area contributed by atoms with Crippen LogP contribution in [-0.4, -0.2) is 20.7 Å². The van der Waals surface area contributed by atoms with Crippen LogP contribution in [0.2, 0.25) is 0 Å². The van der Waals surface area contributed by atoms with Gasteiger partial charge < -0.3 is 0 Å². The number of alkyl halides is 2. The molecular weight excluding hydrogens is 236 g/mol. The van der Waals surface area contributed by atoms with E-state index in [1.807, 2.05) is 30.3 Å². The van der Waals surface area contributed by atoms with E-state index < -0.39 is 5.92 Å². The van der Waals surface area contributed by atoms with Crippen LogP contribution in [0.4, 0.5) is 8.78 Å². The molecule has 1 saturated carbocycles. The van der Waals surface area contributed by atoms with Crippen LogP contribution in [0.25, 0.3) is 5.69 Å². The summed E-state index contributed by atoms with van der Waals surface area (Å²) < 4.78 is 28.3. The van der Waals surface area contributed by atoms with Gasteiger partial charge in [0.1, 0.15) is 12.2 Å². The summed E-state index contributed by atoms with van der Waals surface area (Å²) in [7, 11) is 0. The molecule has 0 bridgehead atoms. The highest BCUT2D eigenvalue weighted by molar-refractivity contribution is 5.32. The van der Waals surface area contributed by atoms with Crippen molar-refractivity contribution in [3.05, 3.63) is 42.5 Å². The molecule has 0 N–H and O–H groups in total. The predicted molar refractivity (Wildman–Crippen MR) is 62.9 cm³/mol. The van der Waals surface area contributed by atoms with Gasteiger partial charge >= 0.3 is 0 Å². The van der Waals surface area contributed by atoms with Gasteiger partial charge in [-0.1, -0.05) is 18.2 Å². The molecule has 1 aliphatic carbocycles. The Morgan fingerprint density at radius 2 is 2.00 bits per heavy atom. The summed E-state index contributed by atoms with van der Waals surface area (Å²) in [6.07, 6.45) is 1.87. The molecule has 2 aromatic rings. The highest BCUT2D eigenvalue weighted by Crippen LogP contribution is 2.43. The van der Waals surface area contributed by atoms with Crippen LogP contribution in [0.1, 0.15) is 31.0 Å². The van der Waals surface area contributed by atoms with Crippen LogP contribution in [0.5, 0.6) is 0 Å². The van der Waals surface area contributed by atoms with E-state index in [1.54, 1.807) is 10.9 Å². The minimum Gasteiger partial charge on any atom is -0.285 e. The Bertz CT molecular complexity index is 536. The second-order valence-corrected chi connectivity index (χ2v) is 4.69. The number of aromatic nitrogens is 3. The van der Waals surface area contributed by atoms with Gasteiger partial charge in [-0.05, 0) is 18.6 Å². The highest BCUT2D eigenvalue weighted by Gasteiger charge is 2.41. The first kappa shape index (κ1) is 11.3. The Morgan fingerprint density at radius 1 is 1.22 bits per heavy atom. The number of nitrogens with zero attached hydrogens (tertiary/aromatic N) is 3. The van der Waals surface area contributed by atoms with Crippen LogP contribution in [-0.2, 0) is 0 Å². The largest absolute Gasteiger partial charge is 0.285 e. The molecule has 18 heavy (non-hydrogen) atoms. The zero-order chi connectivity index (χ0) is 12.6. The third kappa shape index (κ3) is 2.00. The quantitative estimate of drug-likeness (QED) is 0.818. The smallest absolute Gasteiger partial charge is 0.248 e. The average molecular weight is 249 g/mol. The molecule has 1 heterocycles. The van der Waals surface area contributed by atoms with Crippen LogP contribution >= 0.6 is 0 Å². The lowest BCUT2D eigenvalue weighted by molar-refractivity contribution is 0.00750. The Balaban J connectivity index is 1.94. The van der Waals surface area contributed by atoms with Gasteiger partial charge in [-0.3, -0.25) is 4.57 Å². The molecule has 3 nitrogen and oxygen atoms in total. The zero-order valence-corrected chi connectivity index (χ0v) is 9.76. The number of benzene rings is 1. The number of halogens is 2. The van der Waals surface area contributed by atoms with Crippen molar-refractivity contribution in [1.82, 2.24) is 14.8 Å². The Hall–Kier alpha value is -1.78. The lowest BCUT2D eigenvalue weighted by atomic mass is 10.1. The van der Waals surface area contributed by atoms with E-state index in [0.717, 1.165) is 5.69 Å². The monoisotopic (exact) mass is 249 g/mol. The van der Waals surface area contributed by atoms with Gasteiger partial charge in [0.2, 0.25) is 5.92 Å². The maximum absolute atomic E-state index is 13.3. The van der Waals surface area contributed by atoms with Crippen molar-refractivity contribution in [1.29, 1.82) is 0 Å².